The van der Waals surface area contributed by atoms with Crippen LogP contribution in [0.1, 0.15) is 48.7 Å². The number of hydrogen-bond donors (Lipinski definition) is 0. The van der Waals surface area contributed by atoms with Crippen LogP contribution in [0.5, 0.6) is 0 Å². The molecule has 18 heavy (non-hydrogen) atoms. The number of carbonyl (C=O) groups excluding carboxylic acids is 1. The molecule has 1 fully saturated rings. The molecule has 0 bridgehead atoms. The van der Waals surface area contributed by atoms with Crippen molar-refractivity contribution in [3.8, 4) is 0 Å². The van der Waals surface area contributed by atoms with Gasteiger partial charge in [0.25, 0.3) is 0 Å². The molecule has 0 amide bonds. The average Bonchev–Trinajstić information content (AvgIpc) is 2.40. The molecule has 0 aromatic carbocycles. The van der Waals surface area contributed by atoms with Gasteiger partial charge in [-0.1, -0.05) is 6.92 Å². The second-order valence-corrected chi connectivity index (χ2v) is 5.40. The van der Waals surface area contributed by atoms with Gasteiger partial charge >= 0.3 is 0 Å². The highest BCUT2D eigenvalue weighted by molar-refractivity contribution is 6.02. The summed E-state index contributed by atoms with van der Waals surface area (Å²) in [7, 11) is 1.65. The van der Waals surface area contributed by atoms with E-state index in [-0.39, 0.29) is 5.78 Å². The molecule has 0 N–H and O–H groups in total. The molecule has 0 atom stereocenters. The van der Waals surface area contributed by atoms with E-state index in [1.54, 1.807) is 13.3 Å². The molecule has 3 nitrogen and oxygen atoms in total. The number of aryl methyl sites for hydroxylation is 1. The Morgan fingerprint density at radius 3 is 2.56 bits per heavy atom. The first-order valence-corrected chi connectivity index (χ1v) is 6.60. The maximum Gasteiger partial charge on any atom is 0.196 e. The minimum absolute atomic E-state index is 0.0874. The van der Waals surface area contributed by atoms with Gasteiger partial charge in [-0.3, -0.25) is 9.78 Å². The van der Waals surface area contributed by atoms with Crippen LogP contribution >= 0.6 is 0 Å². The van der Waals surface area contributed by atoms with E-state index in [2.05, 4.69) is 11.9 Å². The van der Waals surface area contributed by atoms with Gasteiger partial charge < -0.3 is 4.74 Å². The van der Waals surface area contributed by atoms with Gasteiger partial charge in [-0.05, 0) is 50.7 Å². The van der Waals surface area contributed by atoms with Crippen molar-refractivity contribution in [3.05, 3.63) is 29.6 Å². The Morgan fingerprint density at radius 2 is 2.06 bits per heavy atom. The molecule has 98 valence electrons. The summed E-state index contributed by atoms with van der Waals surface area (Å²) in [5, 5.41) is 0. The highest BCUT2D eigenvalue weighted by Crippen LogP contribution is 2.36. The molecular weight excluding hydrogens is 226 g/mol. The number of aromatic nitrogens is 1. The molecule has 3 heteroatoms. The van der Waals surface area contributed by atoms with Crippen LogP contribution in [0, 0.1) is 12.8 Å². The van der Waals surface area contributed by atoms with Crippen molar-refractivity contribution >= 4 is 5.78 Å². The fourth-order valence-corrected chi connectivity index (χ4v) is 2.62. The Balaban J connectivity index is 2.22. The number of rotatable bonds is 3. The number of carbonyl (C=O) groups is 1. The third-order valence-corrected chi connectivity index (χ3v) is 4.06. The Hall–Kier alpha value is -1.22. The van der Waals surface area contributed by atoms with E-state index in [0.717, 1.165) is 31.4 Å². The number of ketones is 1. The zero-order chi connectivity index (χ0) is 13.2. The largest absolute Gasteiger partial charge is 0.370 e. The van der Waals surface area contributed by atoms with Crippen LogP contribution in [0.3, 0.4) is 0 Å². The Kier molecular flexibility index (Phi) is 3.81. The normalized spacial score (nSPS) is 28.1. The zero-order valence-corrected chi connectivity index (χ0v) is 11.4. The Morgan fingerprint density at radius 1 is 1.39 bits per heavy atom. The lowest BCUT2D eigenvalue weighted by Crippen LogP contribution is -2.43. The molecule has 0 aliphatic heterocycles. The number of pyridine rings is 1. The minimum Gasteiger partial charge on any atom is -0.370 e. The highest BCUT2D eigenvalue weighted by Gasteiger charge is 2.41. The van der Waals surface area contributed by atoms with Crippen LogP contribution in [0.15, 0.2) is 18.3 Å². The lowest BCUT2D eigenvalue weighted by Gasteiger charge is -2.36. The monoisotopic (exact) mass is 247 g/mol. The second-order valence-electron chi connectivity index (χ2n) is 5.40. The van der Waals surface area contributed by atoms with Crippen LogP contribution < -0.4 is 0 Å². The topological polar surface area (TPSA) is 39.2 Å². The number of nitrogens with zero attached hydrogens (tertiary/aromatic N) is 1. The summed E-state index contributed by atoms with van der Waals surface area (Å²) in [6.45, 7) is 4.15. The minimum atomic E-state index is -0.622. The number of methoxy groups -OCH3 is 1. The van der Waals surface area contributed by atoms with Crippen molar-refractivity contribution in [2.75, 3.05) is 7.11 Å². The summed E-state index contributed by atoms with van der Waals surface area (Å²) in [5.41, 5.74) is 0.969. The number of ether oxygens (including phenoxy) is 1. The molecule has 0 unspecified atom stereocenters. The Bertz CT molecular complexity index is 417. The van der Waals surface area contributed by atoms with Crippen molar-refractivity contribution in [2.24, 2.45) is 5.92 Å². The van der Waals surface area contributed by atoms with Gasteiger partial charge in [-0.15, -0.1) is 0 Å². The summed E-state index contributed by atoms with van der Waals surface area (Å²) in [4.78, 5) is 16.8. The maximum absolute atomic E-state index is 12.6. The van der Waals surface area contributed by atoms with E-state index in [1.165, 1.54) is 0 Å². The summed E-state index contributed by atoms with van der Waals surface area (Å²) >= 11 is 0. The molecule has 1 aromatic heterocycles. The molecule has 0 spiro atoms. The number of hydrogen-bond acceptors (Lipinski definition) is 3. The second kappa shape index (κ2) is 5.19. The molecule has 0 saturated heterocycles. The van der Waals surface area contributed by atoms with Crippen molar-refractivity contribution in [1.29, 1.82) is 0 Å². The van der Waals surface area contributed by atoms with E-state index < -0.39 is 5.60 Å². The molecule has 0 radical (unpaired) electrons. The predicted molar refractivity (Wildman–Crippen MR) is 70.7 cm³/mol. The predicted octanol–water partition coefficient (Wildman–Crippen LogP) is 3.17. The van der Waals surface area contributed by atoms with Crippen LogP contribution in [-0.4, -0.2) is 23.5 Å². The third kappa shape index (κ3) is 2.46. The van der Waals surface area contributed by atoms with Gasteiger partial charge in [-0.25, -0.2) is 0 Å². The van der Waals surface area contributed by atoms with Crippen molar-refractivity contribution < 1.29 is 9.53 Å². The first-order valence-electron chi connectivity index (χ1n) is 6.60. The quantitative estimate of drug-likeness (QED) is 0.770. The van der Waals surface area contributed by atoms with E-state index in [4.69, 9.17) is 4.74 Å². The zero-order valence-electron chi connectivity index (χ0n) is 11.4. The average molecular weight is 247 g/mol. The highest BCUT2D eigenvalue weighted by atomic mass is 16.5. The number of Topliss-reactive ketones (excluding diaryl/α,β-unsaturated/α-hetero) is 1. The summed E-state index contributed by atoms with van der Waals surface area (Å²) in [6, 6.07) is 3.73. The molecule has 1 aliphatic rings. The first kappa shape index (κ1) is 13.2. The molecule has 1 aliphatic carbocycles. The van der Waals surface area contributed by atoms with Crippen LogP contribution in [0.4, 0.5) is 0 Å². The maximum atomic E-state index is 12.6. The fraction of sp³-hybridized carbons (Fsp3) is 0.600. The molecule has 1 heterocycles. The summed E-state index contributed by atoms with van der Waals surface area (Å²) < 4.78 is 5.60. The smallest absolute Gasteiger partial charge is 0.196 e. The third-order valence-electron chi connectivity index (χ3n) is 4.06. The summed E-state index contributed by atoms with van der Waals surface area (Å²) in [5.74, 6) is 0.779. The molecular formula is C15H21NO2. The molecule has 1 aromatic rings. The lowest BCUT2D eigenvalue weighted by atomic mass is 9.75. The fourth-order valence-electron chi connectivity index (χ4n) is 2.62. The van der Waals surface area contributed by atoms with Crippen molar-refractivity contribution in [2.45, 2.75) is 45.1 Å². The first-order chi connectivity index (χ1) is 8.57. The van der Waals surface area contributed by atoms with Gasteiger partial charge in [0.1, 0.15) is 5.60 Å². The van der Waals surface area contributed by atoms with Crippen molar-refractivity contribution in [3.63, 3.8) is 0 Å². The van der Waals surface area contributed by atoms with E-state index in [0.29, 0.717) is 11.5 Å². The van der Waals surface area contributed by atoms with Crippen LogP contribution in [0.25, 0.3) is 0 Å². The summed E-state index contributed by atoms with van der Waals surface area (Å²) in [6.07, 6.45) is 5.41. The van der Waals surface area contributed by atoms with Gasteiger partial charge in [0.2, 0.25) is 0 Å². The molecule has 1 saturated carbocycles. The van der Waals surface area contributed by atoms with Crippen LogP contribution in [-0.2, 0) is 4.74 Å². The van der Waals surface area contributed by atoms with Crippen molar-refractivity contribution in [1.82, 2.24) is 4.98 Å². The van der Waals surface area contributed by atoms with Gasteiger partial charge in [0, 0.05) is 24.6 Å². The van der Waals surface area contributed by atoms with Gasteiger partial charge in [0.05, 0.1) is 0 Å². The van der Waals surface area contributed by atoms with Crippen LogP contribution in [0.2, 0.25) is 0 Å². The van der Waals surface area contributed by atoms with Gasteiger partial charge in [0.15, 0.2) is 5.78 Å². The van der Waals surface area contributed by atoms with E-state index in [9.17, 15) is 4.79 Å². The van der Waals surface area contributed by atoms with Gasteiger partial charge in [-0.2, -0.15) is 0 Å². The standard InChI is InChI=1S/C15H21NO2/c1-11-6-8-15(18-3,9-7-11)14(17)13-5-4-12(2)16-10-13/h4-5,10-11H,6-9H2,1-3H3. The van der Waals surface area contributed by atoms with E-state index in [1.807, 2.05) is 19.1 Å². The molecule has 2 rings (SSSR count). The van der Waals surface area contributed by atoms with E-state index >= 15 is 0 Å². The Labute approximate surface area is 109 Å². The lowest BCUT2D eigenvalue weighted by molar-refractivity contribution is -0.0263. The SMILES string of the molecule is COC1(C(=O)c2ccc(C)nc2)CCC(C)CC1.